The first-order valence-electron chi connectivity index (χ1n) is 8.03. The molecule has 1 amide bonds. The standard InChI is InChI=1S/C17H26ClN3O2/c1-20(2)12-15-13-21(9-10-23-15)8-7-17(22)19-11-14-5-3-4-6-16(14)18/h3-6,15H,7-13H2,1-2H3,(H,19,22)/t15-/m1/s1. The number of benzene rings is 1. The minimum atomic E-state index is 0.0561. The average molecular weight is 340 g/mol. The number of carbonyl (C=O) groups excluding carboxylic acids is 1. The van der Waals surface area contributed by atoms with Crippen LogP contribution < -0.4 is 5.32 Å². The molecule has 1 aromatic carbocycles. The van der Waals surface area contributed by atoms with Crippen LogP contribution in [0.2, 0.25) is 5.02 Å². The molecule has 0 bridgehead atoms. The Bertz CT molecular complexity index is 510. The van der Waals surface area contributed by atoms with Crippen LogP contribution in [0.15, 0.2) is 24.3 Å². The topological polar surface area (TPSA) is 44.8 Å². The van der Waals surface area contributed by atoms with Crippen LogP contribution in [0, 0.1) is 0 Å². The summed E-state index contributed by atoms with van der Waals surface area (Å²) in [5.41, 5.74) is 0.944. The van der Waals surface area contributed by atoms with Crippen molar-refractivity contribution in [2.24, 2.45) is 0 Å². The molecule has 1 aromatic rings. The molecule has 1 heterocycles. The number of ether oxygens (including phenoxy) is 1. The number of amides is 1. The first-order valence-corrected chi connectivity index (χ1v) is 8.41. The van der Waals surface area contributed by atoms with Crippen LogP contribution in [-0.4, -0.2) is 68.7 Å². The van der Waals surface area contributed by atoms with Crippen molar-refractivity contribution in [3.8, 4) is 0 Å². The van der Waals surface area contributed by atoms with E-state index in [-0.39, 0.29) is 12.0 Å². The van der Waals surface area contributed by atoms with Gasteiger partial charge in [-0.05, 0) is 25.7 Å². The molecule has 128 valence electrons. The lowest BCUT2D eigenvalue weighted by molar-refractivity contribution is -0.122. The lowest BCUT2D eigenvalue weighted by Gasteiger charge is -2.34. The molecule has 6 heteroatoms. The summed E-state index contributed by atoms with van der Waals surface area (Å²) in [4.78, 5) is 16.4. The summed E-state index contributed by atoms with van der Waals surface area (Å²) in [7, 11) is 4.09. The van der Waals surface area contributed by atoms with Crippen molar-refractivity contribution in [1.29, 1.82) is 0 Å². The van der Waals surface area contributed by atoms with Crippen LogP contribution in [0.5, 0.6) is 0 Å². The summed E-state index contributed by atoms with van der Waals surface area (Å²) >= 11 is 6.09. The summed E-state index contributed by atoms with van der Waals surface area (Å²) in [6.45, 7) is 4.67. The number of hydrogen-bond donors (Lipinski definition) is 1. The second kappa shape index (κ2) is 9.23. The monoisotopic (exact) mass is 339 g/mol. The molecule has 1 aliphatic heterocycles. The highest BCUT2D eigenvalue weighted by Crippen LogP contribution is 2.14. The zero-order valence-electron chi connectivity index (χ0n) is 13.9. The highest BCUT2D eigenvalue weighted by Gasteiger charge is 2.21. The molecule has 1 fully saturated rings. The molecule has 0 aromatic heterocycles. The number of morpholine rings is 1. The number of nitrogens with zero attached hydrogens (tertiary/aromatic N) is 2. The van der Waals surface area contributed by atoms with Crippen molar-refractivity contribution in [2.75, 3.05) is 46.9 Å². The lowest BCUT2D eigenvalue weighted by Crippen LogP contribution is -2.47. The van der Waals surface area contributed by atoms with Gasteiger partial charge in [-0.2, -0.15) is 0 Å². The summed E-state index contributed by atoms with van der Waals surface area (Å²) in [5, 5.41) is 3.62. The predicted molar refractivity (Wildman–Crippen MR) is 92.6 cm³/mol. The number of carbonyl (C=O) groups is 1. The fraction of sp³-hybridized carbons (Fsp3) is 0.588. The molecule has 0 saturated carbocycles. The minimum absolute atomic E-state index is 0.0561. The third kappa shape index (κ3) is 6.47. The van der Waals surface area contributed by atoms with Crippen molar-refractivity contribution in [3.63, 3.8) is 0 Å². The highest BCUT2D eigenvalue weighted by molar-refractivity contribution is 6.31. The van der Waals surface area contributed by atoms with Crippen molar-refractivity contribution >= 4 is 17.5 Å². The normalized spacial score (nSPS) is 19.0. The van der Waals surface area contributed by atoms with E-state index in [1.54, 1.807) is 0 Å². The maximum atomic E-state index is 12.0. The van der Waals surface area contributed by atoms with Crippen molar-refractivity contribution < 1.29 is 9.53 Å². The molecule has 23 heavy (non-hydrogen) atoms. The summed E-state index contributed by atoms with van der Waals surface area (Å²) in [6.07, 6.45) is 0.726. The van der Waals surface area contributed by atoms with Crippen LogP contribution in [0.1, 0.15) is 12.0 Å². The second-order valence-electron chi connectivity index (χ2n) is 6.17. The number of halogens is 1. The Kier molecular flexibility index (Phi) is 7.30. The lowest BCUT2D eigenvalue weighted by atomic mass is 10.2. The Hall–Kier alpha value is -1.14. The van der Waals surface area contributed by atoms with Gasteiger partial charge in [-0.25, -0.2) is 0 Å². The Morgan fingerprint density at radius 3 is 2.96 bits per heavy atom. The van der Waals surface area contributed by atoms with E-state index in [1.165, 1.54) is 0 Å². The van der Waals surface area contributed by atoms with Crippen LogP contribution in [0.3, 0.4) is 0 Å². The summed E-state index contributed by atoms with van der Waals surface area (Å²) in [5.74, 6) is 0.0561. The number of nitrogens with one attached hydrogen (secondary N) is 1. The summed E-state index contributed by atoms with van der Waals surface area (Å²) in [6, 6.07) is 7.57. The van der Waals surface area contributed by atoms with Gasteiger partial charge in [-0.1, -0.05) is 29.8 Å². The van der Waals surface area contributed by atoms with Gasteiger partial charge in [0, 0.05) is 44.2 Å². The zero-order chi connectivity index (χ0) is 16.7. The van der Waals surface area contributed by atoms with Gasteiger partial charge in [0.05, 0.1) is 12.7 Å². The SMILES string of the molecule is CN(C)C[C@@H]1CN(CCC(=O)NCc2ccccc2Cl)CCO1. The largest absolute Gasteiger partial charge is 0.374 e. The van der Waals surface area contributed by atoms with Gasteiger partial charge in [-0.15, -0.1) is 0 Å². The highest BCUT2D eigenvalue weighted by atomic mass is 35.5. The Morgan fingerprint density at radius 1 is 1.43 bits per heavy atom. The molecule has 0 aliphatic carbocycles. The molecule has 1 saturated heterocycles. The zero-order valence-corrected chi connectivity index (χ0v) is 14.7. The van der Waals surface area contributed by atoms with Crippen LogP contribution >= 0.6 is 11.6 Å². The smallest absolute Gasteiger partial charge is 0.221 e. The maximum absolute atomic E-state index is 12.0. The second-order valence-corrected chi connectivity index (χ2v) is 6.58. The van der Waals surface area contributed by atoms with Gasteiger partial charge in [0.15, 0.2) is 0 Å². The van der Waals surface area contributed by atoms with E-state index in [0.717, 1.165) is 38.3 Å². The van der Waals surface area contributed by atoms with Crippen LogP contribution in [0.25, 0.3) is 0 Å². The molecule has 5 nitrogen and oxygen atoms in total. The van der Waals surface area contributed by atoms with E-state index in [0.29, 0.717) is 18.0 Å². The molecule has 1 aliphatic rings. The number of rotatable bonds is 7. The maximum Gasteiger partial charge on any atom is 0.221 e. The van der Waals surface area contributed by atoms with Gasteiger partial charge < -0.3 is 15.0 Å². The van der Waals surface area contributed by atoms with Crippen LogP contribution in [0.4, 0.5) is 0 Å². The fourth-order valence-corrected chi connectivity index (χ4v) is 2.89. The Balaban J connectivity index is 1.69. The number of likely N-dealkylation sites (N-methyl/N-ethyl adjacent to an activating group) is 1. The third-order valence-corrected chi connectivity index (χ3v) is 4.25. The Labute approximate surface area is 143 Å². The predicted octanol–water partition coefficient (Wildman–Crippen LogP) is 1.61. The van der Waals surface area contributed by atoms with E-state index < -0.39 is 0 Å². The van der Waals surface area contributed by atoms with E-state index in [4.69, 9.17) is 16.3 Å². The van der Waals surface area contributed by atoms with Gasteiger partial charge >= 0.3 is 0 Å². The molecular formula is C17H26ClN3O2. The van der Waals surface area contributed by atoms with E-state index >= 15 is 0 Å². The van der Waals surface area contributed by atoms with Gasteiger partial charge in [0.1, 0.15) is 0 Å². The molecule has 0 radical (unpaired) electrons. The summed E-state index contributed by atoms with van der Waals surface area (Å²) < 4.78 is 5.75. The Morgan fingerprint density at radius 2 is 2.22 bits per heavy atom. The molecule has 2 rings (SSSR count). The van der Waals surface area contributed by atoms with E-state index in [9.17, 15) is 4.79 Å². The van der Waals surface area contributed by atoms with Gasteiger partial charge in [-0.3, -0.25) is 9.69 Å². The minimum Gasteiger partial charge on any atom is -0.374 e. The molecule has 0 spiro atoms. The molecule has 0 unspecified atom stereocenters. The third-order valence-electron chi connectivity index (χ3n) is 3.88. The molecule has 1 N–H and O–H groups in total. The fourth-order valence-electron chi connectivity index (χ4n) is 2.68. The first-order chi connectivity index (χ1) is 11.0. The molecular weight excluding hydrogens is 314 g/mol. The van der Waals surface area contributed by atoms with E-state index in [1.807, 2.05) is 38.4 Å². The van der Waals surface area contributed by atoms with Crippen molar-refractivity contribution in [2.45, 2.75) is 19.1 Å². The quantitative estimate of drug-likeness (QED) is 0.819. The van der Waals surface area contributed by atoms with Gasteiger partial charge in [0.2, 0.25) is 5.91 Å². The number of hydrogen-bond acceptors (Lipinski definition) is 4. The van der Waals surface area contributed by atoms with Crippen molar-refractivity contribution in [3.05, 3.63) is 34.9 Å². The van der Waals surface area contributed by atoms with Gasteiger partial charge in [0.25, 0.3) is 0 Å². The van der Waals surface area contributed by atoms with E-state index in [2.05, 4.69) is 15.1 Å². The molecule has 1 atom stereocenters. The van der Waals surface area contributed by atoms with Crippen LogP contribution in [-0.2, 0) is 16.1 Å². The average Bonchev–Trinajstić information content (AvgIpc) is 2.52. The first kappa shape index (κ1) is 18.2. The van der Waals surface area contributed by atoms with Crippen molar-refractivity contribution in [1.82, 2.24) is 15.1 Å².